The van der Waals surface area contributed by atoms with Crippen LogP contribution in [0.25, 0.3) is 0 Å². The zero-order chi connectivity index (χ0) is 19.9. The molecule has 1 saturated heterocycles. The van der Waals surface area contributed by atoms with Gasteiger partial charge in [0.2, 0.25) is 0 Å². The van der Waals surface area contributed by atoms with Gasteiger partial charge in [-0.1, -0.05) is 10.3 Å². The Kier molecular flexibility index (Phi) is 6.98. The van der Waals surface area contributed by atoms with Gasteiger partial charge in [-0.25, -0.2) is 9.59 Å². The van der Waals surface area contributed by atoms with E-state index in [2.05, 4.69) is 14.8 Å². The maximum atomic E-state index is 12.2. The topological polar surface area (TPSA) is 108 Å². The maximum Gasteiger partial charge on any atom is 0.410 e. The van der Waals surface area contributed by atoms with Gasteiger partial charge in [-0.2, -0.15) is 0 Å². The predicted octanol–water partition coefficient (Wildman–Crippen LogP) is 3.60. The van der Waals surface area contributed by atoms with Crippen LogP contribution in [0.4, 0.5) is 4.79 Å². The van der Waals surface area contributed by atoms with E-state index in [9.17, 15) is 9.59 Å². The molecule has 0 N–H and O–H groups in total. The standard InChI is InChI=1S/C15H22N2O5.C3H3NO/c1-5-20-13(18)10-9-12(22-16-10)11-7-6-8-17(11)14(19)21-15(2,3)4;1-2-4-5-3-1/h9,11H,5-8H2,1-4H3;1-3H/t11-;/m0./s1. The van der Waals surface area contributed by atoms with E-state index in [0.29, 0.717) is 12.3 Å². The summed E-state index contributed by atoms with van der Waals surface area (Å²) in [5.41, 5.74) is -0.435. The van der Waals surface area contributed by atoms with Crippen LogP contribution in [-0.2, 0) is 9.47 Å². The number of carbonyl (C=O) groups is 2. The van der Waals surface area contributed by atoms with E-state index in [0.717, 1.165) is 12.8 Å². The Hall–Kier alpha value is -2.84. The smallest absolute Gasteiger partial charge is 0.410 e. The fourth-order valence-corrected chi connectivity index (χ4v) is 2.52. The minimum atomic E-state index is -0.554. The van der Waals surface area contributed by atoms with Gasteiger partial charge in [0, 0.05) is 12.6 Å². The summed E-state index contributed by atoms with van der Waals surface area (Å²) in [5.74, 6) is -0.0503. The summed E-state index contributed by atoms with van der Waals surface area (Å²) in [6.45, 7) is 8.06. The van der Waals surface area contributed by atoms with Crippen molar-refractivity contribution in [1.82, 2.24) is 15.2 Å². The molecule has 27 heavy (non-hydrogen) atoms. The SMILES string of the molecule is CCOC(=O)c1cc([C@@H]2CCCN2C(=O)OC(C)(C)C)on1.c1cnoc1. The van der Waals surface area contributed by atoms with Crippen LogP contribution in [0.1, 0.15) is 62.8 Å². The molecule has 1 amide bonds. The van der Waals surface area contributed by atoms with Crippen LogP contribution >= 0.6 is 0 Å². The van der Waals surface area contributed by atoms with Gasteiger partial charge < -0.3 is 18.5 Å². The molecule has 9 nitrogen and oxygen atoms in total. The Labute approximate surface area is 157 Å². The Morgan fingerprint density at radius 1 is 1.37 bits per heavy atom. The zero-order valence-corrected chi connectivity index (χ0v) is 16.0. The van der Waals surface area contributed by atoms with Crippen LogP contribution in [0, 0.1) is 0 Å². The molecule has 2 aromatic rings. The number of rotatable bonds is 3. The van der Waals surface area contributed by atoms with E-state index < -0.39 is 11.6 Å². The highest BCUT2D eigenvalue weighted by atomic mass is 16.6. The summed E-state index contributed by atoms with van der Waals surface area (Å²) >= 11 is 0. The first-order valence-corrected chi connectivity index (χ1v) is 8.79. The number of hydrogen-bond acceptors (Lipinski definition) is 8. The van der Waals surface area contributed by atoms with Gasteiger partial charge in [0.25, 0.3) is 0 Å². The van der Waals surface area contributed by atoms with Crippen molar-refractivity contribution in [2.75, 3.05) is 13.2 Å². The average molecular weight is 379 g/mol. The number of hydrogen-bond donors (Lipinski definition) is 0. The molecule has 1 fully saturated rings. The fraction of sp³-hybridized carbons (Fsp3) is 0.556. The molecule has 0 saturated carbocycles. The molecule has 0 unspecified atom stereocenters. The molecular formula is C18H25N3O6. The van der Waals surface area contributed by atoms with Crippen molar-refractivity contribution >= 4 is 12.1 Å². The molecular weight excluding hydrogens is 354 g/mol. The van der Waals surface area contributed by atoms with Gasteiger partial charge in [0.1, 0.15) is 11.9 Å². The van der Waals surface area contributed by atoms with Crippen LogP contribution in [0.15, 0.2) is 33.6 Å². The van der Waals surface area contributed by atoms with Crippen molar-refractivity contribution in [3.8, 4) is 0 Å². The largest absolute Gasteiger partial charge is 0.461 e. The van der Waals surface area contributed by atoms with Crippen LogP contribution in [0.2, 0.25) is 0 Å². The molecule has 0 aliphatic carbocycles. The van der Waals surface area contributed by atoms with Crippen LogP contribution in [0.3, 0.4) is 0 Å². The van der Waals surface area contributed by atoms with E-state index in [1.165, 1.54) is 12.3 Å². The Bertz CT molecular complexity index is 703. The Balaban J connectivity index is 0.000000451. The molecule has 2 aromatic heterocycles. The molecule has 0 aromatic carbocycles. The Morgan fingerprint density at radius 3 is 2.70 bits per heavy atom. The van der Waals surface area contributed by atoms with Crippen molar-refractivity contribution in [1.29, 1.82) is 0 Å². The molecule has 1 aliphatic rings. The van der Waals surface area contributed by atoms with E-state index in [-0.39, 0.29) is 24.4 Å². The number of nitrogens with zero attached hydrogens (tertiary/aromatic N) is 3. The minimum absolute atomic E-state index is 0.118. The maximum absolute atomic E-state index is 12.2. The molecule has 0 spiro atoms. The highest BCUT2D eigenvalue weighted by Gasteiger charge is 2.36. The van der Waals surface area contributed by atoms with Crippen LogP contribution < -0.4 is 0 Å². The summed E-state index contributed by atoms with van der Waals surface area (Å²) in [6, 6.07) is 3.00. The summed E-state index contributed by atoms with van der Waals surface area (Å²) < 4.78 is 19.8. The lowest BCUT2D eigenvalue weighted by Gasteiger charge is -2.27. The molecule has 1 aliphatic heterocycles. The van der Waals surface area contributed by atoms with E-state index in [1.54, 1.807) is 24.1 Å². The monoisotopic (exact) mass is 379 g/mol. The highest BCUT2D eigenvalue weighted by Crippen LogP contribution is 2.33. The summed E-state index contributed by atoms with van der Waals surface area (Å²) in [6.07, 6.45) is 4.31. The number of ether oxygens (including phenoxy) is 2. The first-order valence-electron chi connectivity index (χ1n) is 8.79. The molecule has 3 heterocycles. The quantitative estimate of drug-likeness (QED) is 0.744. The van der Waals surface area contributed by atoms with E-state index in [4.69, 9.17) is 14.0 Å². The fourth-order valence-electron chi connectivity index (χ4n) is 2.52. The molecule has 9 heteroatoms. The second-order valence-electron chi connectivity index (χ2n) is 6.86. The second kappa shape index (κ2) is 9.20. The van der Waals surface area contributed by atoms with E-state index in [1.807, 2.05) is 20.8 Å². The third-order valence-corrected chi connectivity index (χ3v) is 3.57. The molecule has 3 rings (SSSR count). The average Bonchev–Trinajstić information content (AvgIpc) is 3.34. The normalized spacial score (nSPS) is 16.4. The van der Waals surface area contributed by atoms with Crippen LogP contribution in [-0.4, -0.2) is 46.0 Å². The van der Waals surface area contributed by atoms with E-state index >= 15 is 0 Å². The predicted molar refractivity (Wildman–Crippen MR) is 93.9 cm³/mol. The second-order valence-corrected chi connectivity index (χ2v) is 6.86. The first-order chi connectivity index (χ1) is 12.8. The van der Waals surface area contributed by atoms with Gasteiger partial charge in [-0.15, -0.1) is 0 Å². The van der Waals surface area contributed by atoms with Crippen molar-refractivity contribution < 1.29 is 28.1 Å². The minimum Gasteiger partial charge on any atom is -0.461 e. The number of carbonyl (C=O) groups excluding carboxylic acids is 2. The van der Waals surface area contributed by atoms with Crippen molar-refractivity contribution in [3.63, 3.8) is 0 Å². The summed E-state index contributed by atoms with van der Waals surface area (Å²) in [7, 11) is 0. The molecule has 0 bridgehead atoms. The van der Waals surface area contributed by atoms with Gasteiger partial charge in [0.15, 0.2) is 11.5 Å². The number of amides is 1. The third kappa shape index (κ3) is 6.12. The lowest BCUT2D eigenvalue weighted by atomic mass is 10.1. The lowest BCUT2D eigenvalue weighted by molar-refractivity contribution is 0.0203. The molecule has 1 atom stereocenters. The lowest BCUT2D eigenvalue weighted by Crippen LogP contribution is -2.36. The number of likely N-dealkylation sites (tertiary alicyclic amines) is 1. The van der Waals surface area contributed by atoms with Crippen LogP contribution in [0.5, 0.6) is 0 Å². The van der Waals surface area contributed by atoms with Crippen molar-refractivity contribution in [2.24, 2.45) is 0 Å². The summed E-state index contributed by atoms with van der Waals surface area (Å²) in [4.78, 5) is 25.5. The van der Waals surface area contributed by atoms with Gasteiger partial charge in [0.05, 0.1) is 18.8 Å². The highest BCUT2D eigenvalue weighted by molar-refractivity contribution is 5.87. The van der Waals surface area contributed by atoms with Gasteiger partial charge in [-0.3, -0.25) is 4.90 Å². The number of aromatic nitrogens is 2. The van der Waals surface area contributed by atoms with Gasteiger partial charge >= 0.3 is 12.1 Å². The van der Waals surface area contributed by atoms with Crippen molar-refractivity contribution in [3.05, 3.63) is 36.0 Å². The zero-order valence-electron chi connectivity index (χ0n) is 16.0. The third-order valence-electron chi connectivity index (χ3n) is 3.57. The Morgan fingerprint density at radius 2 is 2.15 bits per heavy atom. The number of esters is 1. The first kappa shape index (κ1) is 20.5. The van der Waals surface area contributed by atoms with Gasteiger partial charge in [-0.05, 0) is 46.6 Å². The van der Waals surface area contributed by atoms with Crippen molar-refractivity contribution in [2.45, 2.75) is 52.2 Å². The molecule has 148 valence electrons. The molecule has 0 radical (unpaired) electrons. The summed E-state index contributed by atoms with van der Waals surface area (Å²) in [5, 5.41) is 7.07.